The Hall–Kier alpha value is -1.76. The molecule has 1 unspecified atom stereocenters. The zero-order valence-electron chi connectivity index (χ0n) is 12.4. The summed E-state index contributed by atoms with van der Waals surface area (Å²) in [5, 5.41) is 0. The van der Waals surface area contributed by atoms with Crippen LogP contribution in [0.25, 0.3) is 0 Å². The molecule has 1 atom stereocenters. The Morgan fingerprint density at radius 1 is 1.09 bits per heavy atom. The first kappa shape index (κ1) is 16.6. The van der Waals surface area contributed by atoms with Crippen LogP contribution in [0.4, 0.5) is 4.39 Å². The third kappa shape index (κ3) is 3.52. The topological polar surface area (TPSA) is 55.4 Å². The predicted octanol–water partition coefficient (Wildman–Crippen LogP) is 2.67. The maximum absolute atomic E-state index is 14.0. The van der Waals surface area contributed by atoms with Gasteiger partial charge in [-0.15, -0.1) is 0 Å². The summed E-state index contributed by atoms with van der Waals surface area (Å²) in [6, 6.07) is 14.2. The number of halogens is 1. The average molecular weight is 323 g/mol. The Kier molecular flexibility index (Phi) is 4.95. The third-order valence-corrected chi connectivity index (χ3v) is 4.96. The van der Waals surface area contributed by atoms with E-state index in [4.69, 9.17) is 4.74 Å². The van der Waals surface area contributed by atoms with Gasteiger partial charge in [-0.2, -0.15) is 0 Å². The van der Waals surface area contributed by atoms with Crippen LogP contribution in [-0.2, 0) is 20.4 Å². The van der Waals surface area contributed by atoms with Crippen LogP contribution in [0.1, 0.15) is 12.5 Å². The quantitative estimate of drug-likeness (QED) is 0.889. The van der Waals surface area contributed by atoms with E-state index < -0.39 is 21.4 Å². The molecule has 0 spiro atoms. The average Bonchev–Trinajstić information content (AvgIpc) is 2.54. The molecule has 22 heavy (non-hydrogen) atoms. The van der Waals surface area contributed by atoms with Crippen molar-refractivity contribution in [3.63, 3.8) is 0 Å². The van der Waals surface area contributed by atoms with Gasteiger partial charge in [0.2, 0.25) is 10.0 Å². The molecule has 1 N–H and O–H groups in total. The molecule has 0 amide bonds. The smallest absolute Gasteiger partial charge is 0.240 e. The molecule has 2 rings (SSSR count). The highest BCUT2D eigenvalue weighted by molar-refractivity contribution is 7.89. The highest BCUT2D eigenvalue weighted by Gasteiger charge is 2.31. The van der Waals surface area contributed by atoms with Gasteiger partial charge < -0.3 is 4.74 Å². The Morgan fingerprint density at radius 3 is 2.27 bits per heavy atom. The van der Waals surface area contributed by atoms with Crippen molar-refractivity contribution in [2.45, 2.75) is 17.4 Å². The molecule has 0 aliphatic heterocycles. The highest BCUT2D eigenvalue weighted by Crippen LogP contribution is 2.26. The Balaban J connectivity index is 2.23. The summed E-state index contributed by atoms with van der Waals surface area (Å²) in [4.78, 5) is 0.155. The minimum absolute atomic E-state index is 0.0817. The van der Waals surface area contributed by atoms with E-state index in [9.17, 15) is 12.8 Å². The lowest BCUT2D eigenvalue weighted by atomic mass is 9.95. The minimum Gasteiger partial charge on any atom is -0.372 e. The van der Waals surface area contributed by atoms with Crippen LogP contribution in [0.2, 0.25) is 0 Å². The number of ether oxygens (including phenoxy) is 1. The van der Waals surface area contributed by atoms with Gasteiger partial charge >= 0.3 is 0 Å². The van der Waals surface area contributed by atoms with Crippen molar-refractivity contribution in [2.75, 3.05) is 13.7 Å². The second-order valence-corrected chi connectivity index (χ2v) is 6.82. The lowest BCUT2D eigenvalue weighted by molar-refractivity contribution is 0.00410. The molecule has 118 valence electrons. The summed E-state index contributed by atoms with van der Waals surface area (Å²) in [6.45, 7) is 1.56. The summed E-state index contributed by atoms with van der Waals surface area (Å²) < 4.78 is 46.3. The van der Waals surface area contributed by atoms with E-state index in [1.54, 1.807) is 43.3 Å². The fourth-order valence-electron chi connectivity index (χ4n) is 2.08. The third-order valence-electron chi connectivity index (χ3n) is 3.55. The van der Waals surface area contributed by atoms with Crippen molar-refractivity contribution >= 4 is 10.0 Å². The number of nitrogens with one attached hydrogen (secondary N) is 1. The Labute approximate surface area is 130 Å². The van der Waals surface area contributed by atoms with Crippen molar-refractivity contribution in [1.29, 1.82) is 0 Å². The fraction of sp³-hybridized carbons (Fsp3) is 0.250. The zero-order valence-corrected chi connectivity index (χ0v) is 13.2. The summed E-state index contributed by atoms with van der Waals surface area (Å²) in [5.74, 6) is -0.439. The lowest BCUT2D eigenvalue weighted by Crippen LogP contribution is -2.40. The largest absolute Gasteiger partial charge is 0.372 e. The lowest BCUT2D eigenvalue weighted by Gasteiger charge is -2.29. The van der Waals surface area contributed by atoms with Crippen LogP contribution in [0.5, 0.6) is 0 Å². The van der Waals surface area contributed by atoms with E-state index in [2.05, 4.69) is 4.72 Å². The molecule has 0 heterocycles. The number of hydrogen-bond acceptors (Lipinski definition) is 3. The number of benzene rings is 2. The molecule has 2 aromatic carbocycles. The van der Waals surface area contributed by atoms with E-state index in [1.165, 1.54) is 25.3 Å². The van der Waals surface area contributed by atoms with Crippen molar-refractivity contribution in [3.05, 3.63) is 66.0 Å². The van der Waals surface area contributed by atoms with Gasteiger partial charge in [-0.1, -0.05) is 36.4 Å². The zero-order chi connectivity index (χ0) is 16.2. The summed E-state index contributed by atoms with van der Waals surface area (Å²) in [5.41, 5.74) is -0.805. The van der Waals surface area contributed by atoms with E-state index in [-0.39, 0.29) is 11.4 Å². The first-order chi connectivity index (χ1) is 10.4. The van der Waals surface area contributed by atoms with Gasteiger partial charge in [0, 0.05) is 19.2 Å². The molecule has 6 heteroatoms. The molecule has 4 nitrogen and oxygen atoms in total. The van der Waals surface area contributed by atoms with Gasteiger partial charge in [-0.25, -0.2) is 17.5 Å². The molecule has 0 aliphatic rings. The molecule has 0 aliphatic carbocycles. The number of rotatable bonds is 6. The molecular weight excluding hydrogens is 305 g/mol. The van der Waals surface area contributed by atoms with Gasteiger partial charge in [-0.3, -0.25) is 0 Å². The number of hydrogen-bond donors (Lipinski definition) is 1. The van der Waals surface area contributed by atoms with E-state index in [0.717, 1.165) is 0 Å². The predicted molar refractivity (Wildman–Crippen MR) is 82.4 cm³/mol. The van der Waals surface area contributed by atoms with Crippen LogP contribution < -0.4 is 4.72 Å². The minimum atomic E-state index is -3.68. The molecule has 0 radical (unpaired) electrons. The highest BCUT2D eigenvalue weighted by atomic mass is 32.2. The molecule has 0 bridgehead atoms. The van der Waals surface area contributed by atoms with Crippen molar-refractivity contribution in [3.8, 4) is 0 Å². The van der Waals surface area contributed by atoms with E-state index >= 15 is 0 Å². The first-order valence-corrected chi connectivity index (χ1v) is 8.22. The van der Waals surface area contributed by atoms with Crippen molar-refractivity contribution in [1.82, 2.24) is 4.72 Å². The maximum atomic E-state index is 14.0. The van der Waals surface area contributed by atoms with Gasteiger partial charge in [0.1, 0.15) is 11.4 Å². The monoisotopic (exact) mass is 323 g/mol. The van der Waals surface area contributed by atoms with Gasteiger partial charge in [-0.05, 0) is 25.1 Å². The summed E-state index contributed by atoms with van der Waals surface area (Å²) >= 11 is 0. The van der Waals surface area contributed by atoms with E-state index in [1.807, 2.05) is 0 Å². The molecular formula is C16H18FNO3S. The number of methoxy groups -OCH3 is 1. The van der Waals surface area contributed by atoms with E-state index in [0.29, 0.717) is 5.56 Å². The number of sulfonamides is 1. The van der Waals surface area contributed by atoms with Crippen LogP contribution in [0.3, 0.4) is 0 Å². The Bertz CT molecular complexity index is 734. The van der Waals surface area contributed by atoms with Crippen molar-refractivity contribution < 1.29 is 17.5 Å². The van der Waals surface area contributed by atoms with Gasteiger partial charge in [0.15, 0.2) is 0 Å². The normalized spacial score (nSPS) is 14.5. The van der Waals surface area contributed by atoms with Crippen LogP contribution in [0, 0.1) is 5.82 Å². The SMILES string of the molecule is COC(C)(CNS(=O)(=O)c1ccccc1)c1ccccc1F. The fourth-order valence-corrected chi connectivity index (χ4v) is 3.23. The molecule has 0 fully saturated rings. The first-order valence-electron chi connectivity index (χ1n) is 6.74. The second-order valence-electron chi connectivity index (χ2n) is 5.05. The second kappa shape index (κ2) is 6.56. The van der Waals surface area contributed by atoms with Gasteiger partial charge in [0.05, 0.1) is 4.90 Å². The maximum Gasteiger partial charge on any atom is 0.240 e. The molecule has 0 aromatic heterocycles. The van der Waals surface area contributed by atoms with Crippen LogP contribution in [-0.4, -0.2) is 22.1 Å². The Morgan fingerprint density at radius 2 is 1.68 bits per heavy atom. The molecule has 2 aromatic rings. The summed E-state index contributed by atoms with van der Waals surface area (Å²) in [6.07, 6.45) is 0. The standard InChI is InChI=1S/C16H18FNO3S/c1-16(21-2,14-10-6-7-11-15(14)17)12-18-22(19,20)13-8-4-3-5-9-13/h3-11,18H,12H2,1-2H3. The van der Waals surface area contributed by atoms with Crippen LogP contribution >= 0.6 is 0 Å². The summed E-state index contributed by atoms with van der Waals surface area (Å²) in [7, 11) is -2.26. The molecule has 0 saturated carbocycles. The van der Waals surface area contributed by atoms with Gasteiger partial charge in [0.25, 0.3) is 0 Å². The van der Waals surface area contributed by atoms with Crippen LogP contribution in [0.15, 0.2) is 59.5 Å². The van der Waals surface area contributed by atoms with Crippen molar-refractivity contribution in [2.24, 2.45) is 0 Å². The molecule has 0 saturated heterocycles.